The molecule has 0 aliphatic carbocycles. The Morgan fingerprint density at radius 1 is 1.25 bits per heavy atom. The van der Waals surface area contributed by atoms with E-state index >= 15 is 0 Å². The fourth-order valence-electron chi connectivity index (χ4n) is 2.82. The lowest BCUT2D eigenvalue weighted by molar-refractivity contribution is -0.137. The lowest BCUT2D eigenvalue weighted by Gasteiger charge is -2.08. The molecule has 0 aliphatic rings. The number of unbranched alkanes of at least 4 members (excludes halogenated alkanes) is 2. The number of hydrogen-bond donors (Lipinski definition) is 1. The summed E-state index contributed by atoms with van der Waals surface area (Å²) >= 11 is 0. The van der Waals surface area contributed by atoms with E-state index in [9.17, 15) is 9.59 Å². The fraction of sp³-hybridized carbons (Fsp3) is 0.500. The van der Waals surface area contributed by atoms with Crippen molar-refractivity contribution in [3.63, 3.8) is 0 Å². The molecule has 0 aliphatic heterocycles. The summed E-state index contributed by atoms with van der Waals surface area (Å²) in [6.45, 7) is 9.93. The first-order valence-corrected chi connectivity index (χ1v) is 8.69. The molecule has 1 aromatic heterocycles. The van der Waals surface area contributed by atoms with Crippen LogP contribution in [-0.4, -0.2) is 21.6 Å². The number of aromatic nitrogens is 1. The smallest absolute Gasteiger partial charge is 0.303 e. The first kappa shape index (κ1) is 19.9. The molecule has 4 nitrogen and oxygen atoms in total. The van der Waals surface area contributed by atoms with E-state index in [-0.39, 0.29) is 18.7 Å². The summed E-state index contributed by atoms with van der Waals surface area (Å²) in [5, 5.41) is 10.6. The van der Waals surface area contributed by atoms with Gasteiger partial charge < -0.3 is 5.11 Å². The van der Waals surface area contributed by atoms with E-state index in [1.54, 1.807) is 4.57 Å². The van der Waals surface area contributed by atoms with E-state index in [1.165, 1.54) is 0 Å². The number of aryl methyl sites for hydroxylation is 1. The van der Waals surface area contributed by atoms with Crippen molar-refractivity contribution in [1.29, 1.82) is 0 Å². The van der Waals surface area contributed by atoms with Crippen LogP contribution in [0.25, 0.3) is 12.2 Å². The predicted molar refractivity (Wildman–Crippen MR) is 98.4 cm³/mol. The van der Waals surface area contributed by atoms with Gasteiger partial charge in [0.15, 0.2) is 0 Å². The van der Waals surface area contributed by atoms with Crippen molar-refractivity contribution in [2.45, 2.75) is 65.7 Å². The van der Waals surface area contributed by atoms with Crippen LogP contribution in [-0.2, 0) is 11.2 Å². The number of carboxylic acid groups (broad SMARTS) is 1. The Morgan fingerprint density at radius 2 is 1.96 bits per heavy atom. The Hall–Kier alpha value is -2.10. The molecule has 1 N–H and O–H groups in total. The van der Waals surface area contributed by atoms with E-state index in [1.807, 2.05) is 26.0 Å². The maximum Gasteiger partial charge on any atom is 0.303 e. The van der Waals surface area contributed by atoms with E-state index < -0.39 is 5.97 Å². The molecule has 4 heteroatoms. The van der Waals surface area contributed by atoms with E-state index in [2.05, 4.69) is 19.6 Å². The Labute approximate surface area is 144 Å². The first-order chi connectivity index (χ1) is 11.4. The van der Waals surface area contributed by atoms with Crippen molar-refractivity contribution in [1.82, 2.24) is 4.57 Å². The molecule has 0 spiro atoms. The summed E-state index contributed by atoms with van der Waals surface area (Å²) in [5.41, 5.74) is 1.94. The van der Waals surface area contributed by atoms with Crippen molar-refractivity contribution in [3.8, 4) is 0 Å². The van der Waals surface area contributed by atoms with Crippen LogP contribution in [0.1, 0.15) is 69.8 Å². The second-order valence-corrected chi connectivity index (χ2v) is 6.19. The zero-order chi connectivity index (χ0) is 18.1. The summed E-state index contributed by atoms with van der Waals surface area (Å²) in [4.78, 5) is 23.3. The summed E-state index contributed by atoms with van der Waals surface area (Å²) in [6, 6.07) is 2.06. The largest absolute Gasteiger partial charge is 0.481 e. The van der Waals surface area contributed by atoms with Crippen LogP contribution in [0.15, 0.2) is 18.2 Å². The van der Waals surface area contributed by atoms with Crippen LogP contribution in [0, 0.1) is 0 Å². The van der Waals surface area contributed by atoms with E-state index in [0.717, 1.165) is 47.5 Å². The number of hydrogen-bond acceptors (Lipinski definition) is 2. The van der Waals surface area contributed by atoms with E-state index in [4.69, 9.17) is 5.11 Å². The molecule has 0 saturated carbocycles. The molecule has 0 atom stereocenters. The van der Waals surface area contributed by atoms with Crippen LogP contribution in [0.4, 0.5) is 0 Å². The third-order valence-corrected chi connectivity index (χ3v) is 3.89. The lowest BCUT2D eigenvalue weighted by Crippen LogP contribution is -2.33. The maximum atomic E-state index is 12.7. The van der Waals surface area contributed by atoms with Crippen molar-refractivity contribution in [2.24, 2.45) is 0 Å². The Kier molecular flexibility index (Phi) is 8.24. The highest BCUT2D eigenvalue weighted by atomic mass is 16.4. The number of carboxylic acids is 1. The van der Waals surface area contributed by atoms with Crippen LogP contribution >= 0.6 is 0 Å². The standard InChI is InChI=1S/C20H29NO3/c1-5-7-8-10-17-14-16(13-15(3)4)18(6-2)21(17)19(22)11-9-12-20(23)24/h6,13-14H,3,5,7-12H2,1-2,4H3,(H,23,24). The average molecular weight is 331 g/mol. The number of carbonyl (C=O) groups excluding carboxylic acids is 1. The molecule has 132 valence electrons. The monoisotopic (exact) mass is 331 g/mol. The number of rotatable bonds is 9. The number of aliphatic carboxylic acids is 1. The quantitative estimate of drug-likeness (QED) is 0.707. The molecule has 1 heterocycles. The molecule has 0 saturated heterocycles. The van der Waals surface area contributed by atoms with Gasteiger partial charge in [-0.05, 0) is 39.2 Å². The Bertz CT molecular complexity index is 710. The highest BCUT2D eigenvalue weighted by molar-refractivity contribution is 5.81. The fourth-order valence-corrected chi connectivity index (χ4v) is 2.82. The van der Waals surface area contributed by atoms with Gasteiger partial charge in [0.25, 0.3) is 0 Å². The minimum Gasteiger partial charge on any atom is -0.481 e. The summed E-state index contributed by atoms with van der Waals surface area (Å²) in [5.74, 6) is -0.894. The highest BCUT2D eigenvalue weighted by Gasteiger charge is 2.13. The van der Waals surface area contributed by atoms with Gasteiger partial charge in [0.2, 0.25) is 5.91 Å². The summed E-state index contributed by atoms with van der Waals surface area (Å²) < 4.78 is 1.77. The average Bonchev–Trinajstić information content (AvgIpc) is 2.83. The van der Waals surface area contributed by atoms with Crippen LogP contribution in [0.2, 0.25) is 0 Å². The van der Waals surface area contributed by atoms with Gasteiger partial charge in [0.05, 0.1) is 5.35 Å². The summed E-state index contributed by atoms with van der Waals surface area (Å²) in [6.07, 6.45) is 8.70. The van der Waals surface area contributed by atoms with Gasteiger partial charge in [-0.1, -0.05) is 44.1 Å². The van der Waals surface area contributed by atoms with Gasteiger partial charge in [-0.15, -0.1) is 0 Å². The number of nitrogens with zero attached hydrogens (tertiary/aromatic N) is 1. The second kappa shape index (κ2) is 9.91. The molecular weight excluding hydrogens is 302 g/mol. The van der Waals surface area contributed by atoms with Gasteiger partial charge in [-0.2, -0.15) is 0 Å². The van der Waals surface area contributed by atoms with Crippen molar-refractivity contribution in [2.75, 3.05) is 0 Å². The minimum atomic E-state index is -0.864. The number of carbonyl (C=O) groups is 2. The molecule has 0 unspecified atom stereocenters. The highest BCUT2D eigenvalue weighted by Crippen LogP contribution is 2.07. The number of allylic oxidation sites excluding steroid dienone is 1. The molecule has 1 rings (SSSR count). The van der Waals surface area contributed by atoms with E-state index in [0.29, 0.717) is 6.42 Å². The van der Waals surface area contributed by atoms with Gasteiger partial charge >= 0.3 is 5.97 Å². The van der Waals surface area contributed by atoms with Crippen molar-refractivity contribution in [3.05, 3.63) is 34.5 Å². The Morgan fingerprint density at radius 3 is 2.50 bits per heavy atom. The SMILES string of the molecule is C=C(C)C=c1cc(CCCCC)n(C(=O)CCCC(=O)O)c1=CC. The van der Waals surface area contributed by atoms with Gasteiger partial charge in [0, 0.05) is 23.8 Å². The molecule has 0 radical (unpaired) electrons. The molecule has 0 bridgehead atoms. The van der Waals surface area contributed by atoms with Gasteiger partial charge in [-0.25, -0.2) is 0 Å². The van der Waals surface area contributed by atoms with Crippen LogP contribution in [0.5, 0.6) is 0 Å². The molecule has 0 aromatic carbocycles. The second-order valence-electron chi connectivity index (χ2n) is 6.19. The zero-order valence-corrected chi connectivity index (χ0v) is 15.1. The minimum absolute atomic E-state index is 0.0219. The third kappa shape index (κ3) is 5.84. The van der Waals surface area contributed by atoms with Crippen LogP contribution in [0.3, 0.4) is 0 Å². The third-order valence-electron chi connectivity index (χ3n) is 3.89. The van der Waals surface area contributed by atoms with Gasteiger partial charge in [-0.3, -0.25) is 14.2 Å². The lowest BCUT2D eigenvalue weighted by atomic mass is 10.1. The molecule has 0 amide bonds. The predicted octanol–water partition coefficient (Wildman–Crippen LogP) is 3.27. The topological polar surface area (TPSA) is 59.3 Å². The molecular formula is C20H29NO3. The van der Waals surface area contributed by atoms with Gasteiger partial charge in [0.1, 0.15) is 0 Å². The molecule has 24 heavy (non-hydrogen) atoms. The van der Waals surface area contributed by atoms with Crippen molar-refractivity contribution >= 4 is 24.0 Å². The maximum absolute atomic E-state index is 12.7. The van der Waals surface area contributed by atoms with Crippen molar-refractivity contribution < 1.29 is 14.7 Å². The zero-order valence-electron chi connectivity index (χ0n) is 15.1. The molecule has 0 fully saturated rings. The summed E-state index contributed by atoms with van der Waals surface area (Å²) in [7, 11) is 0. The molecule has 1 aromatic rings. The first-order valence-electron chi connectivity index (χ1n) is 8.69. The normalized spacial score (nSPS) is 12.6. The van der Waals surface area contributed by atoms with Crippen LogP contribution < -0.4 is 10.6 Å². The Balaban J connectivity index is 3.22.